The fourth-order valence-corrected chi connectivity index (χ4v) is 4.18. The summed E-state index contributed by atoms with van der Waals surface area (Å²) in [6.07, 6.45) is 10.5. The number of aromatic nitrogens is 5. The summed E-state index contributed by atoms with van der Waals surface area (Å²) in [4.78, 5) is 42.1. The highest BCUT2D eigenvalue weighted by atomic mass is 16.2. The molecular formula is C23H26N8O2. The third-order valence-electron chi connectivity index (χ3n) is 6.26. The Morgan fingerprint density at radius 1 is 1.03 bits per heavy atom. The lowest BCUT2D eigenvalue weighted by Crippen LogP contribution is -2.48. The van der Waals surface area contributed by atoms with Crippen LogP contribution in [0.1, 0.15) is 37.3 Å². The number of amides is 2. The van der Waals surface area contributed by atoms with E-state index in [9.17, 15) is 9.59 Å². The Hall–Kier alpha value is -3.82. The zero-order chi connectivity index (χ0) is 22.8. The third kappa shape index (κ3) is 4.55. The van der Waals surface area contributed by atoms with Crippen LogP contribution in [0.2, 0.25) is 0 Å². The summed E-state index contributed by atoms with van der Waals surface area (Å²) >= 11 is 0. The number of hydrogen-bond donors (Lipinski definition) is 1. The molecule has 1 saturated heterocycles. The molecule has 2 fully saturated rings. The van der Waals surface area contributed by atoms with Gasteiger partial charge in [0.15, 0.2) is 0 Å². The fraction of sp³-hybridized carbons (Fsp3) is 0.391. The minimum Gasteiger partial charge on any atom is -0.371 e. The molecule has 0 aromatic carbocycles. The molecule has 3 aromatic heterocycles. The van der Waals surface area contributed by atoms with Crippen molar-refractivity contribution >= 4 is 23.3 Å². The van der Waals surface area contributed by atoms with Crippen molar-refractivity contribution in [2.24, 2.45) is 0 Å². The Labute approximate surface area is 191 Å². The van der Waals surface area contributed by atoms with E-state index in [1.165, 1.54) is 4.68 Å². The van der Waals surface area contributed by atoms with E-state index in [4.69, 9.17) is 0 Å². The Morgan fingerprint density at radius 3 is 2.39 bits per heavy atom. The van der Waals surface area contributed by atoms with Gasteiger partial charge in [0, 0.05) is 68.6 Å². The maximum atomic E-state index is 12.9. The van der Waals surface area contributed by atoms with Crippen molar-refractivity contribution in [3.05, 3.63) is 54.7 Å². The van der Waals surface area contributed by atoms with Crippen molar-refractivity contribution in [3.63, 3.8) is 0 Å². The molecule has 1 aliphatic heterocycles. The van der Waals surface area contributed by atoms with Crippen LogP contribution in [0.15, 0.2) is 49.1 Å². The Bertz CT molecular complexity index is 1120. The van der Waals surface area contributed by atoms with Crippen molar-refractivity contribution in [3.8, 4) is 5.95 Å². The molecule has 170 valence electrons. The molecule has 33 heavy (non-hydrogen) atoms. The standard InChI is InChI=1S/C23H26N8O2/c1-29(17-7-13-30(14-8-17)18-5-11-24-12-6-18)22(33)21(32)27-20-15-19(16-3-4-16)28-31(20)23-25-9-2-10-26-23/h2,5-6,9-12,15-17H,3-4,7-8,13-14H2,1H3,(H,27,32). The second-order valence-corrected chi connectivity index (χ2v) is 8.48. The fourth-order valence-electron chi connectivity index (χ4n) is 4.18. The number of piperidine rings is 1. The van der Waals surface area contributed by atoms with Crippen molar-refractivity contribution in [2.45, 2.75) is 37.6 Å². The molecule has 10 heteroatoms. The minimum absolute atomic E-state index is 0.00531. The van der Waals surface area contributed by atoms with Crippen LogP contribution >= 0.6 is 0 Å². The summed E-state index contributed by atoms with van der Waals surface area (Å²) in [5.41, 5.74) is 2.00. The van der Waals surface area contributed by atoms with Crippen LogP contribution in [0.3, 0.4) is 0 Å². The second-order valence-electron chi connectivity index (χ2n) is 8.48. The van der Waals surface area contributed by atoms with E-state index in [2.05, 4.69) is 30.3 Å². The van der Waals surface area contributed by atoms with E-state index in [1.807, 2.05) is 18.2 Å². The van der Waals surface area contributed by atoms with E-state index in [0.717, 1.165) is 50.2 Å². The van der Waals surface area contributed by atoms with Gasteiger partial charge in [-0.15, -0.1) is 0 Å². The Balaban J connectivity index is 1.24. The van der Waals surface area contributed by atoms with Gasteiger partial charge in [-0.25, -0.2) is 9.97 Å². The Morgan fingerprint density at radius 2 is 1.73 bits per heavy atom. The van der Waals surface area contributed by atoms with E-state index in [-0.39, 0.29) is 6.04 Å². The number of anilines is 2. The van der Waals surface area contributed by atoms with Crippen LogP contribution in [0.5, 0.6) is 0 Å². The molecule has 0 spiro atoms. The summed E-state index contributed by atoms with van der Waals surface area (Å²) in [5, 5.41) is 7.31. The molecular weight excluding hydrogens is 420 g/mol. The highest BCUT2D eigenvalue weighted by Gasteiger charge is 2.31. The molecule has 5 rings (SSSR count). The van der Waals surface area contributed by atoms with Crippen LogP contribution in [0, 0.1) is 0 Å². The van der Waals surface area contributed by atoms with Gasteiger partial charge in [0.2, 0.25) is 0 Å². The molecule has 0 radical (unpaired) electrons. The largest absolute Gasteiger partial charge is 0.371 e. The summed E-state index contributed by atoms with van der Waals surface area (Å²) in [6.45, 7) is 1.63. The third-order valence-corrected chi connectivity index (χ3v) is 6.26. The van der Waals surface area contributed by atoms with Crippen LogP contribution < -0.4 is 10.2 Å². The van der Waals surface area contributed by atoms with E-state index in [0.29, 0.717) is 17.7 Å². The smallest absolute Gasteiger partial charge is 0.315 e. The van der Waals surface area contributed by atoms with Gasteiger partial charge in [-0.3, -0.25) is 14.6 Å². The predicted molar refractivity (Wildman–Crippen MR) is 122 cm³/mol. The molecule has 0 unspecified atom stereocenters. The Kier molecular flexibility index (Phi) is 5.72. The zero-order valence-corrected chi connectivity index (χ0v) is 18.5. The lowest BCUT2D eigenvalue weighted by molar-refractivity contribution is -0.143. The lowest BCUT2D eigenvalue weighted by Gasteiger charge is -2.37. The highest BCUT2D eigenvalue weighted by Crippen LogP contribution is 2.40. The monoisotopic (exact) mass is 446 g/mol. The highest BCUT2D eigenvalue weighted by molar-refractivity contribution is 6.39. The number of pyridine rings is 1. The van der Waals surface area contributed by atoms with Gasteiger partial charge in [0.25, 0.3) is 5.95 Å². The number of likely N-dealkylation sites (N-methyl/N-ethyl adjacent to an activating group) is 1. The number of rotatable bonds is 5. The average molecular weight is 447 g/mol. The van der Waals surface area contributed by atoms with E-state index < -0.39 is 11.8 Å². The molecule has 3 aromatic rings. The number of carbonyl (C=O) groups excluding carboxylic acids is 2. The molecule has 2 amide bonds. The number of hydrogen-bond acceptors (Lipinski definition) is 7. The van der Waals surface area contributed by atoms with Crippen molar-refractivity contribution in [1.29, 1.82) is 0 Å². The topological polar surface area (TPSA) is 109 Å². The molecule has 0 atom stereocenters. The van der Waals surface area contributed by atoms with Crippen LogP contribution in [-0.4, -0.2) is 67.6 Å². The number of nitrogens with one attached hydrogen (secondary N) is 1. The number of carbonyl (C=O) groups is 2. The quantitative estimate of drug-likeness (QED) is 0.597. The predicted octanol–water partition coefficient (Wildman–Crippen LogP) is 2.00. The van der Waals surface area contributed by atoms with Crippen LogP contribution in [-0.2, 0) is 9.59 Å². The zero-order valence-electron chi connectivity index (χ0n) is 18.5. The maximum Gasteiger partial charge on any atom is 0.315 e. The second kappa shape index (κ2) is 8.97. The molecule has 1 saturated carbocycles. The van der Waals surface area contributed by atoms with Gasteiger partial charge in [0.05, 0.1) is 5.69 Å². The molecule has 1 aliphatic carbocycles. The summed E-state index contributed by atoms with van der Waals surface area (Å²) in [5.74, 6) is -0.110. The van der Waals surface area contributed by atoms with E-state index in [1.54, 1.807) is 42.8 Å². The van der Waals surface area contributed by atoms with Crippen LogP contribution in [0.4, 0.5) is 11.5 Å². The van der Waals surface area contributed by atoms with Crippen molar-refractivity contribution in [1.82, 2.24) is 29.6 Å². The molecule has 10 nitrogen and oxygen atoms in total. The van der Waals surface area contributed by atoms with Gasteiger partial charge in [-0.2, -0.15) is 9.78 Å². The first-order valence-electron chi connectivity index (χ1n) is 11.2. The van der Waals surface area contributed by atoms with Crippen molar-refractivity contribution < 1.29 is 9.59 Å². The maximum absolute atomic E-state index is 12.9. The first kappa shape index (κ1) is 21.0. The van der Waals surface area contributed by atoms with Gasteiger partial charge in [0.1, 0.15) is 5.82 Å². The normalized spacial score (nSPS) is 16.5. The molecule has 4 heterocycles. The minimum atomic E-state index is -0.687. The SMILES string of the molecule is CN(C(=O)C(=O)Nc1cc(C2CC2)nn1-c1ncccn1)C1CCN(c2ccncc2)CC1. The molecule has 0 bridgehead atoms. The molecule has 1 N–H and O–H groups in total. The molecule has 2 aliphatic rings. The van der Waals surface area contributed by atoms with Crippen molar-refractivity contribution in [2.75, 3.05) is 30.4 Å². The summed E-state index contributed by atoms with van der Waals surface area (Å²) < 4.78 is 1.49. The average Bonchev–Trinajstić information content (AvgIpc) is 3.64. The van der Waals surface area contributed by atoms with Gasteiger partial charge in [-0.05, 0) is 43.9 Å². The lowest BCUT2D eigenvalue weighted by atomic mass is 10.0. The van der Waals surface area contributed by atoms with E-state index >= 15 is 0 Å². The summed E-state index contributed by atoms with van der Waals surface area (Å²) in [6, 6.07) is 7.50. The van der Waals surface area contributed by atoms with Gasteiger partial charge < -0.3 is 15.1 Å². The number of nitrogens with zero attached hydrogens (tertiary/aromatic N) is 7. The van der Waals surface area contributed by atoms with Gasteiger partial charge in [-0.1, -0.05) is 0 Å². The summed E-state index contributed by atoms with van der Waals surface area (Å²) in [7, 11) is 1.70. The first-order valence-corrected chi connectivity index (χ1v) is 11.2. The first-order chi connectivity index (χ1) is 16.1. The van der Waals surface area contributed by atoms with Crippen LogP contribution in [0.25, 0.3) is 5.95 Å². The van der Waals surface area contributed by atoms with Gasteiger partial charge >= 0.3 is 11.8 Å².